The number of phenols is 1. The standard InChI is InChI=1S/C19H31N3O3/c1-3-20-19(21-10-4-12-25-14-16-5-6-16)22-11-9-15-7-8-17(23)18(13-15)24-2/h7-8,13,16,23H,3-6,9-12,14H2,1-2H3,(H2,20,21,22). The summed E-state index contributed by atoms with van der Waals surface area (Å²) in [4.78, 5) is 4.57. The van der Waals surface area contributed by atoms with E-state index in [2.05, 4.69) is 22.5 Å². The van der Waals surface area contributed by atoms with Crippen molar-refractivity contribution < 1.29 is 14.6 Å². The molecule has 1 aliphatic rings. The van der Waals surface area contributed by atoms with Gasteiger partial charge >= 0.3 is 0 Å². The van der Waals surface area contributed by atoms with E-state index in [9.17, 15) is 5.11 Å². The third-order valence-corrected chi connectivity index (χ3v) is 4.06. The summed E-state index contributed by atoms with van der Waals surface area (Å²) in [6, 6.07) is 5.42. The number of aromatic hydroxyl groups is 1. The molecule has 1 aromatic carbocycles. The lowest BCUT2D eigenvalue weighted by Gasteiger charge is -2.12. The Morgan fingerprint density at radius 1 is 1.32 bits per heavy atom. The van der Waals surface area contributed by atoms with Gasteiger partial charge in [0.15, 0.2) is 17.5 Å². The smallest absolute Gasteiger partial charge is 0.191 e. The fourth-order valence-corrected chi connectivity index (χ4v) is 2.44. The van der Waals surface area contributed by atoms with Gasteiger partial charge in [0, 0.05) is 32.8 Å². The number of benzene rings is 1. The minimum atomic E-state index is 0.165. The summed E-state index contributed by atoms with van der Waals surface area (Å²) < 4.78 is 10.8. The van der Waals surface area contributed by atoms with Gasteiger partial charge in [0.05, 0.1) is 7.11 Å². The Bertz CT molecular complexity index is 545. The molecule has 3 N–H and O–H groups in total. The highest BCUT2D eigenvalue weighted by molar-refractivity contribution is 5.79. The molecule has 0 heterocycles. The molecule has 1 aromatic rings. The van der Waals surface area contributed by atoms with Crippen LogP contribution in [0.15, 0.2) is 23.2 Å². The van der Waals surface area contributed by atoms with Gasteiger partial charge in [-0.25, -0.2) is 0 Å². The van der Waals surface area contributed by atoms with Crippen molar-refractivity contribution >= 4 is 5.96 Å². The topological polar surface area (TPSA) is 75.1 Å². The van der Waals surface area contributed by atoms with Crippen LogP contribution in [0.4, 0.5) is 0 Å². The minimum Gasteiger partial charge on any atom is -0.504 e. The van der Waals surface area contributed by atoms with Gasteiger partial charge < -0.3 is 25.2 Å². The maximum absolute atomic E-state index is 9.63. The van der Waals surface area contributed by atoms with E-state index < -0.39 is 0 Å². The average molecular weight is 349 g/mol. The lowest BCUT2D eigenvalue weighted by atomic mass is 10.1. The van der Waals surface area contributed by atoms with Crippen LogP contribution >= 0.6 is 0 Å². The van der Waals surface area contributed by atoms with Crippen molar-refractivity contribution in [2.24, 2.45) is 10.9 Å². The van der Waals surface area contributed by atoms with Crippen LogP contribution in [0.2, 0.25) is 0 Å². The number of rotatable bonds is 11. The van der Waals surface area contributed by atoms with E-state index in [1.807, 2.05) is 12.1 Å². The maximum Gasteiger partial charge on any atom is 0.191 e. The predicted octanol–water partition coefficient (Wildman–Crippen LogP) is 2.32. The zero-order valence-electron chi connectivity index (χ0n) is 15.4. The first kappa shape index (κ1) is 19.4. The molecule has 0 saturated heterocycles. The van der Waals surface area contributed by atoms with Crippen molar-refractivity contribution in [3.05, 3.63) is 23.8 Å². The summed E-state index contributed by atoms with van der Waals surface area (Å²) in [5.41, 5.74) is 1.10. The second kappa shape index (κ2) is 10.8. The minimum absolute atomic E-state index is 0.165. The van der Waals surface area contributed by atoms with Crippen molar-refractivity contribution in [1.29, 1.82) is 0 Å². The molecule has 1 aliphatic carbocycles. The molecule has 25 heavy (non-hydrogen) atoms. The van der Waals surface area contributed by atoms with E-state index >= 15 is 0 Å². The molecule has 2 rings (SSSR count). The van der Waals surface area contributed by atoms with Crippen molar-refractivity contribution in [2.45, 2.75) is 32.6 Å². The third kappa shape index (κ3) is 7.65. The van der Waals surface area contributed by atoms with Crippen LogP contribution in [0.25, 0.3) is 0 Å². The Morgan fingerprint density at radius 3 is 2.88 bits per heavy atom. The van der Waals surface area contributed by atoms with Gasteiger partial charge in [0.1, 0.15) is 0 Å². The largest absolute Gasteiger partial charge is 0.504 e. The van der Waals surface area contributed by atoms with Crippen LogP contribution < -0.4 is 15.4 Å². The van der Waals surface area contributed by atoms with Crippen LogP contribution in [-0.4, -0.2) is 51.0 Å². The predicted molar refractivity (Wildman–Crippen MR) is 101 cm³/mol. The monoisotopic (exact) mass is 349 g/mol. The van der Waals surface area contributed by atoms with Gasteiger partial charge in [-0.1, -0.05) is 6.07 Å². The summed E-state index contributed by atoms with van der Waals surface area (Å²) in [7, 11) is 1.56. The Labute approximate surface area is 150 Å². The zero-order valence-corrected chi connectivity index (χ0v) is 15.4. The van der Waals surface area contributed by atoms with E-state index in [0.717, 1.165) is 63.1 Å². The molecule has 1 saturated carbocycles. The number of ether oxygens (including phenoxy) is 2. The van der Waals surface area contributed by atoms with E-state index in [-0.39, 0.29) is 5.75 Å². The maximum atomic E-state index is 9.63. The van der Waals surface area contributed by atoms with Gasteiger partial charge in [-0.3, -0.25) is 4.99 Å². The summed E-state index contributed by atoms with van der Waals surface area (Å²) in [6.45, 7) is 6.10. The number of hydrogen-bond donors (Lipinski definition) is 3. The second-order valence-corrected chi connectivity index (χ2v) is 6.32. The average Bonchev–Trinajstić information content (AvgIpc) is 3.43. The van der Waals surface area contributed by atoms with Crippen LogP contribution in [0.3, 0.4) is 0 Å². The van der Waals surface area contributed by atoms with Crippen molar-refractivity contribution in [3.63, 3.8) is 0 Å². The summed E-state index contributed by atoms with van der Waals surface area (Å²) in [5, 5.41) is 16.2. The normalized spacial score (nSPS) is 14.4. The van der Waals surface area contributed by atoms with Crippen molar-refractivity contribution in [1.82, 2.24) is 10.6 Å². The second-order valence-electron chi connectivity index (χ2n) is 6.32. The summed E-state index contributed by atoms with van der Waals surface area (Å²) in [5.74, 6) is 2.32. The Hall–Kier alpha value is -1.95. The van der Waals surface area contributed by atoms with Crippen LogP contribution in [-0.2, 0) is 11.2 Å². The molecule has 0 radical (unpaired) electrons. The quantitative estimate of drug-likeness (QED) is 0.325. The molecule has 0 spiro atoms. The zero-order chi connectivity index (χ0) is 17.9. The Kier molecular flexibility index (Phi) is 8.39. The number of aliphatic imine (C=N–C) groups is 1. The highest BCUT2D eigenvalue weighted by atomic mass is 16.5. The van der Waals surface area contributed by atoms with Gasteiger partial charge in [-0.2, -0.15) is 0 Å². The van der Waals surface area contributed by atoms with Crippen molar-refractivity contribution in [2.75, 3.05) is 40.0 Å². The summed E-state index contributed by atoms with van der Waals surface area (Å²) in [6.07, 6.45) is 4.43. The lowest BCUT2D eigenvalue weighted by molar-refractivity contribution is 0.123. The first-order valence-corrected chi connectivity index (χ1v) is 9.18. The molecule has 0 atom stereocenters. The Balaban J connectivity index is 1.67. The molecule has 0 bridgehead atoms. The van der Waals surface area contributed by atoms with E-state index in [1.54, 1.807) is 13.2 Å². The number of methoxy groups -OCH3 is 1. The first-order valence-electron chi connectivity index (χ1n) is 9.18. The van der Waals surface area contributed by atoms with Crippen LogP contribution in [0.5, 0.6) is 11.5 Å². The molecule has 0 aliphatic heterocycles. The highest BCUT2D eigenvalue weighted by Crippen LogP contribution is 2.28. The van der Waals surface area contributed by atoms with Gasteiger partial charge in [-0.15, -0.1) is 0 Å². The molecular formula is C19H31N3O3. The van der Waals surface area contributed by atoms with E-state index in [4.69, 9.17) is 9.47 Å². The lowest BCUT2D eigenvalue weighted by Crippen LogP contribution is -2.38. The molecule has 140 valence electrons. The molecule has 0 aromatic heterocycles. The van der Waals surface area contributed by atoms with Crippen molar-refractivity contribution in [3.8, 4) is 11.5 Å². The molecule has 0 unspecified atom stereocenters. The number of hydrogen-bond acceptors (Lipinski definition) is 4. The number of phenolic OH excluding ortho intramolecular Hbond substituents is 1. The number of nitrogens with one attached hydrogen (secondary N) is 2. The number of nitrogens with zero attached hydrogens (tertiary/aromatic N) is 1. The third-order valence-electron chi connectivity index (χ3n) is 4.06. The summed E-state index contributed by atoms with van der Waals surface area (Å²) >= 11 is 0. The highest BCUT2D eigenvalue weighted by Gasteiger charge is 2.20. The SMILES string of the molecule is CCNC(=NCCCOCC1CC1)NCCc1ccc(O)c(OC)c1. The first-order chi connectivity index (χ1) is 12.2. The molecule has 6 heteroatoms. The van der Waals surface area contributed by atoms with Gasteiger partial charge in [-0.05, 0) is 56.2 Å². The molecule has 0 amide bonds. The van der Waals surface area contributed by atoms with Gasteiger partial charge in [0.25, 0.3) is 0 Å². The number of guanidine groups is 1. The van der Waals surface area contributed by atoms with E-state index in [1.165, 1.54) is 12.8 Å². The van der Waals surface area contributed by atoms with Gasteiger partial charge in [0.2, 0.25) is 0 Å². The molecule has 1 fully saturated rings. The van der Waals surface area contributed by atoms with Crippen LogP contribution in [0.1, 0.15) is 31.7 Å². The molecule has 6 nitrogen and oxygen atoms in total. The van der Waals surface area contributed by atoms with E-state index in [0.29, 0.717) is 5.75 Å². The fraction of sp³-hybridized carbons (Fsp3) is 0.632. The molecular weight excluding hydrogens is 318 g/mol. The van der Waals surface area contributed by atoms with Crippen LogP contribution in [0, 0.1) is 5.92 Å². The Morgan fingerprint density at radius 2 is 2.16 bits per heavy atom. The fourth-order valence-electron chi connectivity index (χ4n) is 2.44.